The van der Waals surface area contributed by atoms with Gasteiger partial charge in [-0.25, -0.2) is 0 Å². The number of aliphatic carboxylic acids is 1. The van der Waals surface area contributed by atoms with Crippen LogP contribution < -0.4 is 11.1 Å². The summed E-state index contributed by atoms with van der Waals surface area (Å²) in [5.41, 5.74) is 6.59. The van der Waals surface area contributed by atoms with Crippen LogP contribution in [0.2, 0.25) is 0 Å². The summed E-state index contributed by atoms with van der Waals surface area (Å²) in [5.74, 6) is -1.36. The van der Waals surface area contributed by atoms with Gasteiger partial charge in [-0.2, -0.15) is 0 Å². The molecule has 1 aliphatic carbocycles. The lowest BCUT2D eigenvalue weighted by molar-refractivity contribution is -0.141. The van der Waals surface area contributed by atoms with E-state index in [1.165, 1.54) is 0 Å². The Morgan fingerprint density at radius 1 is 1.28 bits per heavy atom. The van der Waals surface area contributed by atoms with Gasteiger partial charge >= 0.3 is 5.97 Å². The van der Waals surface area contributed by atoms with Crippen LogP contribution in [0, 0.1) is 5.92 Å². The fraction of sp³-hybridized carbons (Fsp3) is 0.385. The van der Waals surface area contributed by atoms with Gasteiger partial charge in [-0.3, -0.25) is 9.59 Å². The third-order valence-electron chi connectivity index (χ3n) is 3.32. The van der Waals surface area contributed by atoms with Gasteiger partial charge in [0.2, 0.25) is 0 Å². The summed E-state index contributed by atoms with van der Waals surface area (Å²) in [6.45, 7) is 0. The molecule has 2 rings (SSSR count). The van der Waals surface area contributed by atoms with Crippen LogP contribution in [0.25, 0.3) is 0 Å². The quantitative estimate of drug-likeness (QED) is 0.702. The van der Waals surface area contributed by atoms with Gasteiger partial charge in [0.05, 0.1) is 11.5 Å². The molecule has 0 radical (unpaired) electrons. The molecule has 1 aromatic carbocycles. The van der Waals surface area contributed by atoms with Gasteiger partial charge in [-0.15, -0.1) is 0 Å². The first-order valence-corrected chi connectivity index (χ1v) is 5.96. The van der Waals surface area contributed by atoms with Crippen LogP contribution in [0.3, 0.4) is 0 Å². The summed E-state index contributed by atoms with van der Waals surface area (Å²) in [4.78, 5) is 22.8. The van der Waals surface area contributed by atoms with E-state index in [4.69, 9.17) is 10.8 Å². The van der Waals surface area contributed by atoms with Crippen molar-refractivity contribution in [2.24, 2.45) is 5.92 Å². The molecule has 0 unspecified atom stereocenters. The van der Waals surface area contributed by atoms with Crippen molar-refractivity contribution in [1.29, 1.82) is 0 Å². The molecule has 0 bridgehead atoms. The highest BCUT2D eigenvalue weighted by atomic mass is 16.4. The molecule has 0 aromatic heterocycles. The number of hydrogen-bond acceptors (Lipinski definition) is 3. The van der Waals surface area contributed by atoms with Crippen molar-refractivity contribution in [2.45, 2.75) is 25.3 Å². The summed E-state index contributed by atoms with van der Waals surface area (Å²) >= 11 is 0. The molecule has 96 valence electrons. The van der Waals surface area contributed by atoms with Gasteiger partial charge in [0.1, 0.15) is 0 Å². The molecule has 5 nitrogen and oxygen atoms in total. The second-order valence-electron chi connectivity index (χ2n) is 4.61. The molecule has 0 saturated heterocycles. The Morgan fingerprint density at radius 2 is 2.00 bits per heavy atom. The number of carbonyl (C=O) groups is 2. The number of hydrogen-bond donors (Lipinski definition) is 3. The van der Waals surface area contributed by atoms with E-state index in [0.717, 1.165) is 0 Å². The lowest BCUT2D eigenvalue weighted by atomic mass is 10.1. The highest BCUT2D eigenvalue weighted by molar-refractivity contribution is 5.99. The lowest BCUT2D eigenvalue weighted by Crippen LogP contribution is -2.33. The number of rotatable bonds is 3. The average Bonchev–Trinajstić information content (AvgIpc) is 2.78. The van der Waals surface area contributed by atoms with E-state index in [0.29, 0.717) is 30.5 Å². The normalized spacial score (nSPS) is 22.7. The first-order valence-electron chi connectivity index (χ1n) is 5.96. The van der Waals surface area contributed by atoms with Crippen molar-refractivity contribution in [2.75, 3.05) is 5.73 Å². The molecule has 5 heteroatoms. The van der Waals surface area contributed by atoms with Gasteiger partial charge in [-0.05, 0) is 31.4 Å². The third-order valence-corrected chi connectivity index (χ3v) is 3.32. The maximum atomic E-state index is 12.0. The summed E-state index contributed by atoms with van der Waals surface area (Å²) < 4.78 is 0. The molecule has 1 aromatic rings. The van der Waals surface area contributed by atoms with E-state index in [1.54, 1.807) is 24.3 Å². The van der Waals surface area contributed by atoms with Gasteiger partial charge in [0, 0.05) is 11.7 Å². The van der Waals surface area contributed by atoms with E-state index in [-0.39, 0.29) is 17.9 Å². The topological polar surface area (TPSA) is 92.4 Å². The molecular weight excluding hydrogens is 232 g/mol. The van der Waals surface area contributed by atoms with Crippen LogP contribution in [0.5, 0.6) is 0 Å². The Morgan fingerprint density at radius 3 is 2.61 bits per heavy atom. The van der Waals surface area contributed by atoms with Crippen molar-refractivity contribution in [3.05, 3.63) is 29.8 Å². The minimum absolute atomic E-state index is 0.0711. The van der Waals surface area contributed by atoms with Crippen molar-refractivity contribution >= 4 is 17.6 Å². The van der Waals surface area contributed by atoms with E-state index in [1.807, 2.05) is 0 Å². The number of amides is 1. The first kappa shape index (κ1) is 12.4. The number of anilines is 1. The highest BCUT2D eigenvalue weighted by Gasteiger charge is 2.30. The number of nitrogen functional groups attached to an aromatic ring is 1. The van der Waals surface area contributed by atoms with E-state index in [2.05, 4.69) is 5.32 Å². The maximum absolute atomic E-state index is 12.0. The first-order chi connectivity index (χ1) is 8.58. The molecule has 4 N–H and O–H groups in total. The summed E-state index contributed by atoms with van der Waals surface area (Å²) in [6.07, 6.45) is 1.81. The fourth-order valence-electron chi connectivity index (χ4n) is 2.30. The molecule has 0 heterocycles. The molecular formula is C13H16N2O3. The molecule has 2 atom stereocenters. The zero-order valence-electron chi connectivity index (χ0n) is 9.93. The Labute approximate surface area is 105 Å². The number of para-hydroxylation sites is 1. The molecule has 1 saturated carbocycles. The van der Waals surface area contributed by atoms with E-state index < -0.39 is 5.97 Å². The van der Waals surface area contributed by atoms with Crippen LogP contribution in [-0.4, -0.2) is 23.0 Å². The minimum atomic E-state index is -0.786. The van der Waals surface area contributed by atoms with Crippen molar-refractivity contribution in [3.63, 3.8) is 0 Å². The number of nitrogens with two attached hydrogens (primary N) is 1. The van der Waals surface area contributed by atoms with Gasteiger partial charge in [0.15, 0.2) is 0 Å². The highest BCUT2D eigenvalue weighted by Crippen LogP contribution is 2.26. The second-order valence-corrected chi connectivity index (χ2v) is 4.61. The molecule has 1 amide bonds. The van der Waals surface area contributed by atoms with Gasteiger partial charge in [-0.1, -0.05) is 12.1 Å². The molecule has 18 heavy (non-hydrogen) atoms. The molecule has 1 aliphatic rings. The van der Waals surface area contributed by atoms with Gasteiger partial charge < -0.3 is 16.2 Å². The van der Waals surface area contributed by atoms with E-state index >= 15 is 0 Å². The van der Waals surface area contributed by atoms with Crippen LogP contribution in [0.15, 0.2) is 24.3 Å². The Balaban J connectivity index is 1.97. The molecule has 0 aliphatic heterocycles. The average molecular weight is 248 g/mol. The Bertz CT molecular complexity index is 473. The zero-order chi connectivity index (χ0) is 13.1. The predicted molar refractivity (Wildman–Crippen MR) is 67.1 cm³/mol. The number of carbonyl (C=O) groups excluding carboxylic acids is 1. The fourth-order valence-corrected chi connectivity index (χ4v) is 2.30. The standard InChI is InChI=1S/C13H16N2O3/c14-11-4-2-1-3-10(11)12(16)15-9-6-5-8(7-9)13(17)18/h1-4,8-9H,5-7,14H2,(H,15,16)(H,17,18)/t8-,9+/m1/s1. The minimum Gasteiger partial charge on any atom is -0.481 e. The Hall–Kier alpha value is -2.04. The largest absolute Gasteiger partial charge is 0.481 e. The SMILES string of the molecule is Nc1ccccc1C(=O)N[C@H]1CC[C@@H](C(=O)O)C1. The zero-order valence-corrected chi connectivity index (χ0v) is 9.93. The van der Waals surface area contributed by atoms with E-state index in [9.17, 15) is 9.59 Å². The van der Waals surface area contributed by atoms with Crippen molar-refractivity contribution < 1.29 is 14.7 Å². The number of carboxylic acids is 1. The molecule has 1 fully saturated rings. The number of benzene rings is 1. The number of carboxylic acid groups (broad SMARTS) is 1. The maximum Gasteiger partial charge on any atom is 0.306 e. The predicted octanol–water partition coefficient (Wildman–Crippen LogP) is 1.25. The summed E-state index contributed by atoms with van der Waals surface area (Å²) in [7, 11) is 0. The summed E-state index contributed by atoms with van der Waals surface area (Å²) in [6, 6.07) is 6.78. The Kier molecular flexibility index (Phi) is 3.50. The van der Waals surface area contributed by atoms with Crippen LogP contribution in [-0.2, 0) is 4.79 Å². The van der Waals surface area contributed by atoms with Crippen LogP contribution in [0.1, 0.15) is 29.6 Å². The third kappa shape index (κ3) is 2.61. The van der Waals surface area contributed by atoms with Crippen molar-refractivity contribution in [3.8, 4) is 0 Å². The monoisotopic (exact) mass is 248 g/mol. The van der Waals surface area contributed by atoms with Crippen molar-refractivity contribution in [1.82, 2.24) is 5.32 Å². The molecule has 0 spiro atoms. The van der Waals surface area contributed by atoms with Crippen LogP contribution >= 0.6 is 0 Å². The van der Waals surface area contributed by atoms with Crippen LogP contribution in [0.4, 0.5) is 5.69 Å². The second kappa shape index (κ2) is 5.08. The number of nitrogens with one attached hydrogen (secondary N) is 1. The van der Waals surface area contributed by atoms with Gasteiger partial charge in [0.25, 0.3) is 5.91 Å². The summed E-state index contributed by atoms with van der Waals surface area (Å²) in [5, 5.41) is 11.7. The lowest BCUT2D eigenvalue weighted by Gasteiger charge is -2.13. The smallest absolute Gasteiger partial charge is 0.306 e.